The summed E-state index contributed by atoms with van der Waals surface area (Å²) >= 11 is 6.24. The van der Waals surface area contributed by atoms with Crippen LogP contribution in [0.5, 0.6) is 0 Å². The van der Waals surface area contributed by atoms with Gasteiger partial charge in [0.05, 0.1) is 6.54 Å². The maximum absolute atomic E-state index is 13.9. The quantitative estimate of drug-likeness (QED) is 0.505. The van der Waals surface area contributed by atoms with Gasteiger partial charge in [-0.05, 0) is 49.6 Å². The number of para-hydroxylation sites is 1. The molecule has 1 saturated carbocycles. The third-order valence-corrected chi connectivity index (χ3v) is 7.73. The van der Waals surface area contributed by atoms with Crippen LogP contribution in [-0.2, 0) is 17.9 Å². The number of hydrogen-bond acceptors (Lipinski definition) is 2. The molecule has 6 heteroatoms. The average molecular weight is 478 g/mol. The molecule has 3 aromatic rings. The van der Waals surface area contributed by atoms with E-state index in [-0.39, 0.29) is 17.9 Å². The number of aromatic nitrogens is 1. The lowest BCUT2D eigenvalue weighted by molar-refractivity contribution is -0.134. The molecule has 1 aromatic heterocycles. The Bertz CT molecular complexity index is 1210. The highest BCUT2D eigenvalue weighted by atomic mass is 35.5. The summed E-state index contributed by atoms with van der Waals surface area (Å²) in [5.41, 5.74) is 1.50. The Balaban J connectivity index is 1.52. The SMILES string of the molecule is C[C@@]1(C(=O)NC2CCCCCCC2)Cn2c(cc3ccccc32)C(=O)N1Cc1cccc(Cl)c1. The minimum atomic E-state index is -1.02. The predicted molar refractivity (Wildman–Crippen MR) is 136 cm³/mol. The Morgan fingerprint density at radius 3 is 2.53 bits per heavy atom. The van der Waals surface area contributed by atoms with E-state index in [1.54, 1.807) is 4.90 Å². The number of hydrogen-bond donors (Lipinski definition) is 1. The molecule has 1 fully saturated rings. The first-order chi connectivity index (χ1) is 16.5. The van der Waals surface area contributed by atoms with Crippen LogP contribution in [0, 0.1) is 0 Å². The first-order valence-corrected chi connectivity index (χ1v) is 12.8. The van der Waals surface area contributed by atoms with E-state index in [9.17, 15) is 9.59 Å². The zero-order chi connectivity index (χ0) is 23.7. The van der Waals surface area contributed by atoms with Crippen LogP contribution in [0.15, 0.2) is 54.6 Å². The van der Waals surface area contributed by atoms with Crippen LogP contribution in [0.2, 0.25) is 5.02 Å². The molecule has 178 valence electrons. The maximum Gasteiger partial charge on any atom is 0.271 e. The summed E-state index contributed by atoms with van der Waals surface area (Å²) in [6.45, 7) is 2.65. The molecular formula is C28H32ClN3O2. The van der Waals surface area contributed by atoms with Gasteiger partial charge in [0.2, 0.25) is 5.91 Å². The number of rotatable bonds is 4. The van der Waals surface area contributed by atoms with E-state index in [1.807, 2.05) is 66.1 Å². The Labute approximate surface area is 206 Å². The number of halogens is 1. The standard InChI is InChI=1S/C28H32ClN3O2/c1-28(27(34)30-23-13-5-3-2-4-6-14-23)19-31-24-15-8-7-11-21(24)17-25(31)26(33)32(28)18-20-10-9-12-22(29)16-20/h7-12,15-17,23H,2-6,13-14,18-19H2,1H3,(H,30,34)/t28-/m0/s1. The normalized spacial score (nSPS) is 21.7. The van der Waals surface area contributed by atoms with Gasteiger partial charge in [-0.3, -0.25) is 9.59 Å². The monoisotopic (exact) mass is 477 g/mol. The van der Waals surface area contributed by atoms with Crippen LogP contribution in [0.4, 0.5) is 0 Å². The van der Waals surface area contributed by atoms with Gasteiger partial charge in [0, 0.05) is 28.5 Å². The summed E-state index contributed by atoms with van der Waals surface area (Å²) in [6, 6.07) is 17.6. The minimum Gasteiger partial charge on any atom is -0.351 e. The maximum atomic E-state index is 13.9. The summed E-state index contributed by atoms with van der Waals surface area (Å²) in [4.78, 5) is 29.5. The first kappa shape index (κ1) is 23.0. The molecule has 2 amide bonds. The summed E-state index contributed by atoms with van der Waals surface area (Å²) in [5.74, 6) is -0.199. The van der Waals surface area contributed by atoms with E-state index in [0.29, 0.717) is 23.8 Å². The van der Waals surface area contributed by atoms with Gasteiger partial charge < -0.3 is 14.8 Å². The van der Waals surface area contributed by atoms with Crippen LogP contribution in [0.25, 0.3) is 10.9 Å². The van der Waals surface area contributed by atoms with Gasteiger partial charge >= 0.3 is 0 Å². The van der Waals surface area contributed by atoms with Crippen molar-refractivity contribution in [1.82, 2.24) is 14.8 Å². The molecule has 2 heterocycles. The van der Waals surface area contributed by atoms with Gasteiger partial charge in [0.15, 0.2) is 0 Å². The van der Waals surface area contributed by atoms with E-state index >= 15 is 0 Å². The second-order valence-corrected chi connectivity index (χ2v) is 10.4. The van der Waals surface area contributed by atoms with E-state index in [0.717, 1.165) is 42.1 Å². The van der Waals surface area contributed by atoms with E-state index in [2.05, 4.69) is 5.32 Å². The largest absolute Gasteiger partial charge is 0.351 e. The van der Waals surface area contributed by atoms with Crippen molar-refractivity contribution < 1.29 is 9.59 Å². The van der Waals surface area contributed by atoms with Gasteiger partial charge in [-0.1, -0.05) is 74.0 Å². The number of amides is 2. The number of benzene rings is 2. The minimum absolute atomic E-state index is 0.0723. The number of carbonyl (C=O) groups excluding carboxylic acids is 2. The number of fused-ring (bicyclic) bond motifs is 3. The molecule has 2 aromatic carbocycles. The molecule has 0 unspecified atom stereocenters. The van der Waals surface area contributed by atoms with Gasteiger partial charge in [-0.15, -0.1) is 0 Å². The second kappa shape index (κ2) is 9.46. The third kappa shape index (κ3) is 4.34. The van der Waals surface area contributed by atoms with Crippen LogP contribution >= 0.6 is 11.6 Å². The zero-order valence-electron chi connectivity index (χ0n) is 19.7. The summed E-state index contributed by atoms with van der Waals surface area (Å²) < 4.78 is 2.02. The fourth-order valence-electron chi connectivity index (χ4n) is 5.51. The van der Waals surface area contributed by atoms with Crippen molar-refractivity contribution in [1.29, 1.82) is 0 Å². The van der Waals surface area contributed by atoms with Crippen molar-refractivity contribution >= 4 is 34.3 Å². The molecule has 1 aliphatic carbocycles. The molecule has 0 spiro atoms. The second-order valence-electron chi connectivity index (χ2n) is 9.99. The molecular weight excluding hydrogens is 446 g/mol. The highest BCUT2D eigenvalue weighted by molar-refractivity contribution is 6.30. The van der Waals surface area contributed by atoms with Crippen molar-refractivity contribution in [2.75, 3.05) is 0 Å². The molecule has 1 atom stereocenters. The van der Waals surface area contributed by atoms with Gasteiger partial charge in [0.25, 0.3) is 5.91 Å². The fourth-order valence-corrected chi connectivity index (χ4v) is 5.73. The first-order valence-electron chi connectivity index (χ1n) is 12.4. The zero-order valence-corrected chi connectivity index (χ0v) is 20.5. The fraction of sp³-hybridized carbons (Fsp3) is 0.429. The van der Waals surface area contributed by atoms with Crippen molar-refractivity contribution in [2.45, 2.75) is 76.5 Å². The van der Waals surface area contributed by atoms with E-state index < -0.39 is 5.54 Å². The lowest BCUT2D eigenvalue weighted by Gasteiger charge is -2.44. The van der Waals surface area contributed by atoms with Crippen LogP contribution < -0.4 is 5.32 Å². The van der Waals surface area contributed by atoms with E-state index in [4.69, 9.17) is 11.6 Å². The molecule has 34 heavy (non-hydrogen) atoms. The topological polar surface area (TPSA) is 54.3 Å². The lowest BCUT2D eigenvalue weighted by Crippen LogP contribution is -2.64. The van der Waals surface area contributed by atoms with Crippen molar-refractivity contribution in [3.05, 3.63) is 70.9 Å². The Hall–Kier alpha value is -2.79. The summed E-state index contributed by atoms with van der Waals surface area (Å²) in [7, 11) is 0. The van der Waals surface area contributed by atoms with Gasteiger partial charge in [-0.25, -0.2) is 0 Å². The molecule has 0 saturated heterocycles. The Morgan fingerprint density at radius 2 is 1.76 bits per heavy atom. The van der Waals surface area contributed by atoms with Crippen LogP contribution in [0.1, 0.15) is 67.9 Å². The Kier molecular flexibility index (Phi) is 6.39. The Morgan fingerprint density at radius 1 is 1.03 bits per heavy atom. The van der Waals surface area contributed by atoms with Crippen LogP contribution in [-0.4, -0.2) is 32.9 Å². The summed E-state index contributed by atoms with van der Waals surface area (Å²) in [5, 5.41) is 4.98. The number of nitrogens with zero attached hydrogens (tertiary/aromatic N) is 2. The number of nitrogens with one attached hydrogen (secondary N) is 1. The molecule has 5 nitrogen and oxygen atoms in total. The third-order valence-electron chi connectivity index (χ3n) is 7.50. The van der Waals surface area contributed by atoms with E-state index in [1.165, 1.54) is 19.3 Å². The molecule has 0 bridgehead atoms. The lowest BCUT2D eigenvalue weighted by atomic mass is 9.91. The van der Waals surface area contributed by atoms with Gasteiger partial charge in [-0.2, -0.15) is 0 Å². The highest BCUT2D eigenvalue weighted by Crippen LogP contribution is 2.34. The highest BCUT2D eigenvalue weighted by Gasteiger charge is 2.48. The molecule has 5 rings (SSSR count). The van der Waals surface area contributed by atoms with Gasteiger partial charge in [0.1, 0.15) is 11.2 Å². The molecule has 2 aliphatic rings. The number of carbonyl (C=O) groups is 2. The van der Waals surface area contributed by atoms with Crippen molar-refractivity contribution in [2.24, 2.45) is 0 Å². The average Bonchev–Trinajstić information content (AvgIpc) is 3.17. The summed E-state index contributed by atoms with van der Waals surface area (Å²) in [6.07, 6.45) is 8.01. The smallest absolute Gasteiger partial charge is 0.271 e. The predicted octanol–water partition coefficient (Wildman–Crippen LogP) is 5.94. The van der Waals surface area contributed by atoms with Crippen molar-refractivity contribution in [3.8, 4) is 0 Å². The van der Waals surface area contributed by atoms with Crippen LogP contribution in [0.3, 0.4) is 0 Å². The molecule has 1 aliphatic heterocycles. The van der Waals surface area contributed by atoms with Crippen molar-refractivity contribution in [3.63, 3.8) is 0 Å². The molecule has 1 N–H and O–H groups in total. The molecule has 0 radical (unpaired) electrons.